The lowest BCUT2D eigenvalue weighted by molar-refractivity contribution is 0.465. The van der Waals surface area contributed by atoms with Crippen LogP contribution in [0.3, 0.4) is 0 Å². The predicted octanol–water partition coefficient (Wildman–Crippen LogP) is 2.94. The normalized spacial score (nSPS) is 16.9. The molecule has 0 atom stereocenters. The lowest BCUT2D eigenvalue weighted by Gasteiger charge is -2.30. The van der Waals surface area contributed by atoms with Crippen LogP contribution in [0, 0.1) is 5.82 Å². The first-order valence-corrected chi connectivity index (χ1v) is 9.80. The molecule has 1 aromatic carbocycles. The number of nitrogens with zero attached hydrogens (tertiary/aromatic N) is 2. The number of nitrogens with one attached hydrogen (secondary N) is 1. The van der Waals surface area contributed by atoms with Crippen LogP contribution in [-0.2, 0) is 15.3 Å². The first-order valence-electron chi connectivity index (χ1n) is 7.91. The van der Waals surface area contributed by atoms with Crippen molar-refractivity contribution in [3.05, 3.63) is 48.0 Å². The maximum atomic E-state index is 13.2. The van der Waals surface area contributed by atoms with Gasteiger partial charge >= 0.3 is 0 Å². The molecule has 128 valence electrons. The van der Waals surface area contributed by atoms with Crippen molar-refractivity contribution in [3.8, 4) is 0 Å². The highest BCUT2D eigenvalue weighted by Crippen LogP contribution is 2.41. The van der Waals surface area contributed by atoms with Crippen LogP contribution in [0.5, 0.6) is 0 Å². The van der Waals surface area contributed by atoms with E-state index < -0.39 is 9.84 Å². The summed E-state index contributed by atoms with van der Waals surface area (Å²) in [5, 5.41) is 3.25. The fourth-order valence-electron chi connectivity index (χ4n) is 3.32. The summed E-state index contributed by atoms with van der Waals surface area (Å²) in [7, 11) is -3.37. The molecule has 1 fully saturated rings. The number of aromatic nitrogens is 2. The van der Waals surface area contributed by atoms with E-state index >= 15 is 0 Å². The van der Waals surface area contributed by atoms with Crippen LogP contribution < -0.4 is 5.32 Å². The lowest BCUT2D eigenvalue weighted by Crippen LogP contribution is -2.31. The Balaban J connectivity index is 1.82. The van der Waals surface area contributed by atoms with Crippen molar-refractivity contribution in [2.75, 3.05) is 18.1 Å². The Morgan fingerprint density at radius 1 is 1.17 bits per heavy atom. The molecule has 1 N–H and O–H groups in total. The summed E-state index contributed by atoms with van der Waals surface area (Å²) in [6.45, 7) is 0.624. The number of benzene rings is 1. The molecule has 1 aliphatic rings. The summed E-state index contributed by atoms with van der Waals surface area (Å²) in [6.07, 6.45) is 6.63. The van der Waals surface area contributed by atoms with Crippen LogP contribution in [0.1, 0.15) is 31.2 Å². The highest BCUT2D eigenvalue weighted by atomic mass is 32.2. The average molecular weight is 349 g/mol. The molecule has 0 spiro atoms. The Morgan fingerprint density at radius 3 is 2.46 bits per heavy atom. The summed E-state index contributed by atoms with van der Waals surface area (Å²) in [6, 6.07) is 8.10. The SMILES string of the molecule is CS(=O)(=O)c1cc(NCC2(c3ccc(F)cc3)CCCC2)ncn1. The van der Waals surface area contributed by atoms with E-state index in [-0.39, 0.29) is 16.3 Å². The van der Waals surface area contributed by atoms with Gasteiger partial charge in [0.15, 0.2) is 14.9 Å². The monoisotopic (exact) mass is 349 g/mol. The predicted molar refractivity (Wildman–Crippen MR) is 90.2 cm³/mol. The number of sulfone groups is 1. The molecule has 1 aromatic heterocycles. The van der Waals surface area contributed by atoms with Crippen molar-refractivity contribution in [2.24, 2.45) is 0 Å². The minimum atomic E-state index is -3.37. The van der Waals surface area contributed by atoms with Crippen LogP contribution in [0.25, 0.3) is 0 Å². The lowest BCUT2D eigenvalue weighted by atomic mass is 9.79. The molecular weight excluding hydrogens is 329 g/mol. The van der Waals surface area contributed by atoms with Crippen LogP contribution >= 0.6 is 0 Å². The van der Waals surface area contributed by atoms with E-state index in [2.05, 4.69) is 15.3 Å². The van der Waals surface area contributed by atoms with E-state index in [1.54, 1.807) is 0 Å². The maximum Gasteiger partial charge on any atom is 0.192 e. The smallest absolute Gasteiger partial charge is 0.192 e. The average Bonchev–Trinajstić information content (AvgIpc) is 3.03. The van der Waals surface area contributed by atoms with E-state index in [1.165, 1.54) is 24.5 Å². The van der Waals surface area contributed by atoms with Gasteiger partial charge in [0.2, 0.25) is 0 Å². The zero-order valence-corrected chi connectivity index (χ0v) is 14.3. The molecule has 3 rings (SSSR count). The van der Waals surface area contributed by atoms with E-state index in [0.717, 1.165) is 37.5 Å². The largest absolute Gasteiger partial charge is 0.369 e. The molecule has 0 unspecified atom stereocenters. The number of hydrogen-bond acceptors (Lipinski definition) is 5. The second-order valence-electron chi connectivity index (χ2n) is 6.36. The van der Waals surface area contributed by atoms with E-state index in [9.17, 15) is 12.8 Å². The number of halogens is 1. The summed E-state index contributed by atoms with van der Waals surface area (Å²) >= 11 is 0. The third-order valence-corrected chi connectivity index (χ3v) is 5.63. The molecule has 7 heteroatoms. The van der Waals surface area contributed by atoms with Crippen molar-refractivity contribution in [1.82, 2.24) is 9.97 Å². The second-order valence-corrected chi connectivity index (χ2v) is 8.32. The van der Waals surface area contributed by atoms with Gasteiger partial charge in [-0.3, -0.25) is 0 Å². The Bertz CT molecular complexity index is 816. The van der Waals surface area contributed by atoms with Crippen molar-refractivity contribution in [2.45, 2.75) is 36.1 Å². The van der Waals surface area contributed by atoms with E-state index in [1.807, 2.05) is 12.1 Å². The van der Waals surface area contributed by atoms with E-state index in [0.29, 0.717) is 12.4 Å². The maximum absolute atomic E-state index is 13.2. The van der Waals surface area contributed by atoms with Crippen molar-refractivity contribution >= 4 is 15.7 Å². The molecule has 1 heterocycles. The highest BCUT2D eigenvalue weighted by Gasteiger charge is 2.35. The number of anilines is 1. The summed E-state index contributed by atoms with van der Waals surface area (Å²) < 4.78 is 36.4. The molecule has 0 radical (unpaired) electrons. The molecule has 0 aliphatic heterocycles. The second kappa shape index (κ2) is 6.47. The molecule has 0 bridgehead atoms. The zero-order valence-electron chi connectivity index (χ0n) is 13.5. The fourth-order valence-corrected chi connectivity index (χ4v) is 3.89. The van der Waals surface area contributed by atoms with Gasteiger partial charge in [0.25, 0.3) is 0 Å². The Labute approximate surface area is 141 Å². The molecule has 2 aromatic rings. The van der Waals surface area contributed by atoms with Gasteiger partial charge in [-0.1, -0.05) is 25.0 Å². The van der Waals surface area contributed by atoms with Gasteiger partial charge in [0.05, 0.1) is 0 Å². The van der Waals surface area contributed by atoms with Gasteiger partial charge in [-0.15, -0.1) is 0 Å². The van der Waals surface area contributed by atoms with Crippen LogP contribution in [0.4, 0.5) is 10.2 Å². The molecule has 1 aliphatic carbocycles. The van der Waals surface area contributed by atoms with Gasteiger partial charge in [-0.25, -0.2) is 22.8 Å². The Kier molecular flexibility index (Phi) is 4.54. The van der Waals surface area contributed by atoms with Crippen molar-refractivity contribution in [3.63, 3.8) is 0 Å². The highest BCUT2D eigenvalue weighted by molar-refractivity contribution is 7.90. The first-order chi connectivity index (χ1) is 11.4. The Hall–Kier alpha value is -2.02. The minimum absolute atomic E-state index is 0.00209. The topological polar surface area (TPSA) is 72.0 Å². The molecule has 5 nitrogen and oxygen atoms in total. The molecule has 0 saturated heterocycles. The van der Waals surface area contributed by atoms with Gasteiger partial charge < -0.3 is 5.32 Å². The number of hydrogen-bond donors (Lipinski definition) is 1. The molecule has 1 saturated carbocycles. The molecule has 0 amide bonds. The van der Waals surface area contributed by atoms with Crippen LogP contribution in [-0.4, -0.2) is 31.2 Å². The van der Waals surface area contributed by atoms with Gasteiger partial charge in [-0.2, -0.15) is 0 Å². The third-order valence-electron chi connectivity index (χ3n) is 4.65. The molecule has 24 heavy (non-hydrogen) atoms. The van der Waals surface area contributed by atoms with Gasteiger partial charge in [0.1, 0.15) is 18.0 Å². The third kappa shape index (κ3) is 3.56. The molecular formula is C17H20FN3O2S. The summed E-state index contributed by atoms with van der Waals surface area (Å²) in [5.74, 6) is 0.243. The first kappa shape index (κ1) is 16.8. The van der Waals surface area contributed by atoms with Gasteiger partial charge in [0, 0.05) is 24.3 Å². The zero-order chi connectivity index (χ0) is 17.2. The quantitative estimate of drug-likeness (QED) is 0.840. The summed E-state index contributed by atoms with van der Waals surface area (Å²) in [4.78, 5) is 7.90. The standard InChI is InChI=1S/C17H20FN3O2S/c1-24(22,23)16-10-15(20-12-21-16)19-11-17(8-2-3-9-17)13-4-6-14(18)7-5-13/h4-7,10,12H,2-3,8-9,11H2,1H3,(H,19,20,21). The van der Waals surface area contributed by atoms with Crippen LogP contribution in [0.2, 0.25) is 0 Å². The Morgan fingerprint density at radius 2 is 1.83 bits per heavy atom. The van der Waals surface area contributed by atoms with Crippen molar-refractivity contribution < 1.29 is 12.8 Å². The minimum Gasteiger partial charge on any atom is -0.369 e. The van der Waals surface area contributed by atoms with Crippen LogP contribution in [0.15, 0.2) is 41.7 Å². The number of rotatable bonds is 5. The summed E-state index contributed by atoms with van der Waals surface area (Å²) in [5.41, 5.74) is 1.02. The van der Waals surface area contributed by atoms with Crippen molar-refractivity contribution in [1.29, 1.82) is 0 Å². The van der Waals surface area contributed by atoms with E-state index in [4.69, 9.17) is 0 Å². The fraction of sp³-hybridized carbons (Fsp3) is 0.412. The van der Waals surface area contributed by atoms with Gasteiger partial charge in [-0.05, 0) is 30.5 Å².